The second-order valence-corrected chi connectivity index (χ2v) is 8.54. The van der Waals surface area contributed by atoms with Crippen LogP contribution in [0.3, 0.4) is 0 Å². The Morgan fingerprint density at radius 1 is 1.03 bits per heavy atom. The Hall–Kier alpha value is -3.24. The van der Waals surface area contributed by atoms with Gasteiger partial charge in [-0.25, -0.2) is 17.6 Å². The number of halogens is 1. The quantitative estimate of drug-likeness (QED) is 0.530. The first-order valence-electron chi connectivity index (χ1n) is 8.75. The zero-order valence-electron chi connectivity index (χ0n) is 15.7. The summed E-state index contributed by atoms with van der Waals surface area (Å²) >= 11 is 1.14. The van der Waals surface area contributed by atoms with Gasteiger partial charge < -0.3 is 10.1 Å². The molecule has 2 N–H and O–H groups in total. The Bertz CT molecular complexity index is 1170. The molecule has 0 aliphatic heterocycles. The molecule has 0 unspecified atom stereocenters. The number of rotatable bonds is 7. The van der Waals surface area contributed by atoms with Crippen LogP contribution in [-0.2, 0) is 14.8 Å². The Labute approximate surface area is 176 Å². The van der Waals surface area contributed by atoms with Gasteiger partial charge in [0.2, 0.25) is 0 Å². The van der Waals surface area contributed by atoms with Crippen molar-refractivity contribution < 1.29 is 27.1 Å². The highest BCUT2D eigenvalue weighted by Crippen LogP contribution is 2.27. The van der Waals surface area contributed by atoms with Crippen molar-refractivity contribution in [2.75, 3.05) is 16.6 Å². The van der Waals surface area contributed by atoms with E-state index >= 15 is 0 Å². The first-order chi connectivity index (χ1) is 14.3. The van der Waals surface area contributed by atoms with Gasteiger partial charge in [-0.15, -0.1) is 11.3 Å². The number of anilines is 2. The maximum absolute atomic E-state index is 13.1. The monoisotopic (exact) mass is 448 g/mol. The van der Waals surface area contributed by atoms with Crippen molar-refractivity contribution in [1.29, 1.82) is 0 Å². The first kappa shape index (κ1) is 21.5. The summed E-state index contributed by atoms with van der Waals surface area (Å²) < 4.78 is 45.6. The van der Waals surface area contributed by atoms with Crippen LogP contribution in [0.25, 0.3) is 0 Å². The maximum atomic E-state index is 13.1. The van der Waals surface area contributed by atoms with E-state index in [1.165, 1.54) is 18.2 Å². The average molecular weight is 448 g/mol. The van der Waals surface area contributed by atoms with E-state index in [1.807, 2.05) is 0 Å². The van der Waals surface area contributed by atoms with Crippen LogP contribution in [0.2, 0.25) is 0 Å². The fourth-order valence-electron chi connectivity index (χ4n) is 2.53. The van der Waals surface area contributed by atoms with Gasteiger partial charge in [-0.1, -0.05) is 12.1 Å². The molecule has 0 bridgehead atoms. The number of hydrogen-bond acceptors (Lipinski definition) is 6. The lowest BCUT2D eigenvalue weighted by atomic mass is 10.1. The zero-order valence-corrected chi connectivity index (χ0v) is 17.3. The fraction of sp³-hybridized carbons (Fsp3) is 0.100. The summed E-state index contributed by atoms with van der Waals surface area (Å²) in [7, 11) is -4.05. The molecule has 2 aromatic carbocycles. The number of ether oxygens (including phenoxy) is 1. The van der Waals surface area contributed by atoms with Crippen molar-refractivity contribution in [3.05, 3.63) is 76.9 Å². The average Bonchev–Trinajstić information content (AvgIpc) is 3.17. The molecule has 0 saturated carbocycles. The van der Waals surface area contributed by atoms with Crippen LogP contribution in [0, 0.1) is 5.82 Å². The van der Waals surface area contributed by atoms with Gasteiger partial charge in [-0.2, -0.15) is 0 Å². The summed E-state index contributed by atoms with van der Waals surface area (Å²) in [6, 6.07) is 11.8. The third kappa shape index (κ3) is 4.84. The predicted molar refractivity (Wildman–Crippen MR) is 112 cm³/mol. The van der Waals surface area contributed by atoms with Gasteiger partial charge in [0.1, 0.15) is 10.8 Å². The summed E-state index contributed by atoms with van der Waals surface area (Å²) in [6.07, 6.45) is 0. The van der Waals surface area contributed by atoms with Crippen LogP contribution in [0.4, 0.5) is 15.1 Å². The summed E-state index contributed by atoms with van der Waals surface area (Å²) in [5, 5.41) is 4.53. The van der Waals surface area contributed by atoms with Gasteiger partial charge in [0.05, 0.1) is 28.3 Å². The lowest BCUT2D eigenvalue weighted by molar-refractivity contribution is 0.0528. The number of amides is 1. The molecule has 1 heterocycles. The molecule has 0 spiro atoms. The van der Waals surface area contributed by atoms with E-state index in [1.54, 1.807) is 24.4 Å². The van der Waals surface area contributed by atoms with E-state index < -0.39 is 27.7 Å². The van der Waals surface area contributed by atoms with Gasteiger partial charge in [-0.05, 0) is 54.8 Å². The largest absolute Gasteiger partial charge is 0.462 e. The molecule has 0 saturated heterocycles. The van der Waals surface area contributed by atoms with Crippen molar-refractivity contribution in [2.45, 2.75) is 11.8 Å². The van der Waals surface area contributed by atoms with Crippen molar-refractivity contribution in [3.8, 4) is 0 Å². The molecule has 0 atom stereocenters. The predicted octanol–water partition coefficient (Wildman–Crippen LogP) is 4.12. The van der Waals surface area contributed by atoms with Crippen LogP contribution in [0.1, 0.15) is 27.6 Å². The van der Waals surface area contributed by atoms with Gasteiger partial charge in [-0.3, -0.25) is 9.52 Å². The van der Waals surface area contributed by atoms with Crippen molar-refractivity contribution in [1.82, 2.24) is 0 Å². The van der Waals surface area contributed by atoms with E-state index in [-0.39, 0.29) is 33.3 Å². The summed E-state index contributed by atoms with van der Waals surface area (Å²) in [4.78, 5) is 24.6. The van der Waals surface area contributed by atoms with E-state index in [4.69, 9.17) is 4.74 Å². The number of thiophene rings is 1. The molecule has 3 aromatic rings. The van der Waals surface area contributed by atoms with Gasteiger partial charge in [0.15, 0.2) is 0 Å². The zero-order chi connectivity index (χ0) is 21.7. The number of carbonyl (C=O) groups excluding carboxylic acids is 2. The van der Waals surface area contributed by atoms with E-state index in [9.17, 15) is 22.4 Å². The summed E-state index contributed by atoms with van der Waals surface area (Å²) in [6.45, 7) is 1.86. The molecule has 0 fully saturated rings. The van der Waals surface area contributed by atoms with Crippen LogP contribution in [-0.4, -0.2) is 26.9 Å². The summed E-state index contributed by atoms with van der Waals surface area (Å²) in [5.41, 5.74) is 0.291. The van der Waals surface area contributed by atoms with E-state index in [2.05, 4.69) is 10.0 Å². The van der Waals surface area contributed by atoms with Gasteiger partial charge in [0.25, 0.3) is 15.9 Å². The molecule has 7 nitrogen and oxygen atoms in total. The second kappa shape index (κ2) is 9.06. The first-order valence-corrected chi connectivity index (χ1v) is 11.1. The Kier molecular flexibility index (Phi) is 6.48. The standard InChI is InChI=1S/C20H17FN2O5S2/c1-2-28-20(25)16-11-12-29-19(16)22-18(24)15-5-3-4-6-17(15)23-30(26,27)14-9-7-13(21)8-10-14/h3-12,23H,2H2,1H3,(H,22,24). The number of nitrogens with one attached hydrogen (secondary N) is 2. The molecule has 0 aliphatic rings. The maximum Gasteiger partial charge on any atom is 0.341 e. The molecular weight excluding hydrogens is 431 g/mol. The molecule has 10 heteroatoms. The lowest BCUT2D eigenvalue weighted by Gasteiger charge is -2.13. The minimum atomic E-state index is -4.05. The molecule has 156 valence electrons. The van der Waals surface area contributed by atoms with Crippen LogP contribution in [0.15, 0.2) is 64.9 Å². The highest BCUT2D eigenvalue weighted by molar-refractivity contribution is 7.92. The van der Waals surface area contributed by atoms with Crippen LogP contribution in [0.5, 0.6) is 0 Å². The molecule has 1 amide bonds. The number of benzene rings is 2. The third-order valence-corrected chi connectivity index (χ3v) is 6.14. The van der Waals surface area contributed by atoms with Crippen molar-refractivity contribution in [2.24, 2.45) is 0 Å². The number of para-hydroxylation sites is 1. The van der Waals surface area contributed by atoms with Gasteiger partial charge >= 0.3 is 5.97 Å². The van der Waals surface area contributed by atoms with Gasteiger partial charge in [0, 0.05) is 0 Å². The molecule has 0 radical (unpaired) electrons. The second-order valence-electron chi connectivity index (χ2n) is 5.94. The Balaban J connectivity index is 1.85. The highest BCUT2D eigenvalue weighted by Gasteiger charge is 2.21. The minimum Gasteiger partial charge on any atom is -0.462 e. The van der Waals surface area contributed by atoms with Crippen LogP contribution < -0.4 is 10.0 Å². The topological polar surface area (TPSA) is 102 Å². The number of sulfonamides is 1. The normalized spacial score (nSPS) is 11.0. The third-order valence-electron chi connectivity index (χ3n) is 3.93. The Morgan fingerprint density at radius 3 is 2.43 bits per heavy atom. The Morgan fingerprint density at radius 2 is 1.73 bits per heavy atom. The highest BCUT2D eigenvalue weighted by atomic mass is 32.2. The van der Waals surface area contributed by atoms with Crippen molar-refractivity contribution >= 4 is 43.9 Å². The lowest BCUT2D eigenvalue weighted by Crippen LogP contribution is -2.19. The smallest absolute Gasteiger partial charge is 0.341 e. The molecular formula is C20H17FN2O5S2. The number of carbonyl (C=O) groups is 2. The summed E-state index contributed by atoms with van der Waals surface area (Å²) in [5.74, 6) is -1.75. The molecule has 30 heavy (non-hydrogen) atoms. The number of esters is 1. The van der Waals surface area contributed by atoms with Crippen molar-refractivity contribution in [3.63, 3.8) is 0 Å². The molecule has 1 aromatic heterocycles. The molecule has 3 rings (SSSR count). The SMILES string of the molecule is CCOC(=O)c1ccsc1NC(=O)c1ccccc1NS(=O)(=O)c1ccc(F)cc1. The van der Waals surface area contributed by atoms with E-state index in [0.717, 1.165) is 35.6 Å². The minimum absolute atomic E-state index is 0.0357. The fourth-order valence-corrected chi connectivity index (χ4v) is 4.38. The number of hydrogen-bond donors (Lipinski definition) is 2. The molecule has 0 aliphatic carbocycles. The van der Waals surface area contributed by atoms with E-state index in [0.29, 0.717) is 0 Å². The van der Waals surface area contributed by atoms with Crippen LogP contribution >= 0.6 is 11.3 Å².